The molecule has 12 heavy (non-hydrogen) atoms. The van der Waals surface area contributed by atoms with Crippen molar-refractivity contribution in [2.45, 2.75) is 0 Å². The fourth-order valence-electron chi connectivity index (χ4n) is 0.993. The van der Waals surface area contributed by atoms with E-state index in [1.165, 1.54) is 18.2 Å². The molecule has 62 valence electrons. The molecule has 1 aliphatic rings. The quantitative estimate of drug-likeness (QED) is 0.430. The van der Waals surface area contributed by atoms with E-state index in [1.807, 2.05) is 0 Å². The van der Waals surface area contributed by atoms with Crippen LogP contribution in [-0.2, 0) is 4.79 Å². The third kappa shape index (κ3) is 1.01. The van der Waals surface area contributed by atoms with Crippen LogP contribution in [0, 0.1) is 5.82 Å². The van der Waals surface area contributed by atoms with Crippen LogP contribution in [0.2, 0.25) is 0 Å². The lowest BCUT2D eigenvalue weighted by molar-refractivity contribution is -0.138. The molecule has 0 atom stereocenters. The minimum atomic E-state index is -0.514. The van der Waals surface area contributed by atoms with Gasteiger partial charge in [0.15, 0.2) is 23.9 Å². The van der Waals surface area contributed by atoms with Crippen LogP contribution in [0.15, 0.2) is 18.2 Å². The van der Waals surface area contributed by atoms with E-state index >= 15 is 0 Å². The van der Waals surface area contributed by atoms with Gasteiger partial charge in [-0.25, -0.2) is 9.18 Å². The van der Waals surface area contributed by atoms with Crippen molar-refractivity contribution in [3.05, 3.63) is 24.0 Å². The largest absolute Gasteiger partial charge is 0.475 e. The molecule has 0 N–H and O–H groups in total. The Balaban J connectivity index is 2.48. The normalized spacial score (nSPS) is 14.6. The molecule has 0 spiro atoms. The zero-order chi connectivity index (χ0) is 8.55. The van der Waals surface area contributed by atoms with Crippen molar-refractivity contribution < 1.29 is 18.7 Å². The van der Waals surface area contributed by atoms with Crippen molar-refractivity contribution in [2.24, 2.45) is 0 Å². The molecular formula is C8H5FO3. The average molecular weight is 168 g/mol. The van der Waals surface area contributed by atoms with Crippen molar-refractivity contribution in [3.8, 4) is 11.5 Å². The summed E-state index contributed by atoms with van der Waals surface area (Å²) < 4.78 is 22.4. The Morgan fingerprint density at radius 1 is 1.42 bits per heavy atom. The maximum atomic E-state index is 12.9. The molecule has 1 aliphatic heterocycles. The van der Waals surface area contributed by atoms with E-state index < -0.39 is 11.8 Å². The van der Waals surface area contributed by atoms with Gasteiger partial charge in [0.05, 0.1) is 0 Å². The first-order valence-corrected chi connectivity index (χ1v) is 3.39. The van der Waals surface area contributed by atoms with Crippen LogP contribution >= 0.6 is 0 Å². The zero-order valence-electron chi connectivity index (χ0n) is 6.04. The minimum absolute atomic E-state index is 0.0112. The highest BCUT2D eigenvalue weighted by molar-refractivity contribution is 5.76. The Hall–Kier alpha value is -1.58. The van der Waals surface area contributed by atoms with E-state index in [-0.39, 0.29) is 18.1 Å². The lowest BCUT2D eigenvalue weighted by atomic mass is 10.3. The van der Waals surface area contributed by atoms with Crippen LogP contribution in [0.4, 0.5) is 4.39 Å². The van der Waals surface area contributed by atoms with Gasteiger partial charge >= 0.3 is 5.97 Å². The summed E-state index contributed by atoms with van der Waals surface area (Å²) in [6.45, 7) is -0.228. The summed E-state index contributed by atoms with van der Waals surface area (Å²) in [7, 11) is 0. The number of rotatable bonds is 0. The Labute approximate surface area is 67.7 Å². The molecule has 0 saturated heterocycles. The van der Waals surface area contributed by atoms with Gasteiger partial charge in [-0.15, -0.1) is 0 Å². The molecule has 0 amide bonds. The molecule has 1 aromatic rings. The van der Waals surface area contributed by atoms with E-state index in [9.17, 15) is 9.18 Å². The summed E-state index contributed by atoms with van der Waals surface area (Å²) in [6.07, 6.45) is 0. The number of carbonyl (C=O) groups excluding carboxylic acids is 1. The first kappa shape index (κ1) is 7.09. The molecule has 1 aromatic carbocycles. The summed E-state index contributed by atoms with van der Waals surface area (Å²) in [4.78, 5) is 10.7. The maximum Gasteiger partial charge on any atom is 0.349 e. The molecular weight excluding hydrogens is 163 g/mol. The zero-order valence-corrected chi connectivity index (χ0v) is 6.04. The van der Waals surface area contributed by atoms with Crippen molar-refractivity contribution in [2.75, 3.05) is 6.61 Å². The number of hydrogen-bond acceptors (Lipinski definition) is 3. The average Bonchev–Trinajstić information content (AvgIpc) is 2.04. The standard InChI is InChI=1S/C8H5FO3/c9-5-2-1-3-6-8(5)11-4-7(10)12-6/h1-3H,4H2. The van der Waals surface area contributed by atoms with Gasteiger partial charge in [0.1, 0.15) is 0 Å². The van der Waals surface area contributed by atoms with Gasteiger partial charge in [0, 0.05) is 0 Å². The lowest BCUT2D eigenvalue weighted by Crippen LogP contribution is -2.23. The first-order valence-electron chi connectivity index (χ1n) is 3.39. The van der Waals surface area contributed by atoms with Gasteiger partial charge in [0.25, 0.3) is 0 Å². The van der Waals surface area contributed by atoms with Crippen molar-refractivity contribution in [3.63, 3.8) is 0 Å². The summed E-state index contributed by atoms with van der Waals surface area (Å²) in [6, 6.07) is 4.18. The van der Waals surface area contributed by atoms with E-state index in [2.05, 4.69) is 0 Å². The number of esters is 1. The van der Waals surface area contributed by atoms with Crippen LogP contribution in [0.25, 0.3) is 0 Å². The third-order valence-electron chi connectivity index (χ3n) is 1.49. The third-order valence-corrected chi connectivity index (χ3v) is 1.49. The fraction of sp³-hybridized carbons (Fsp3) is 0.125. The highest BCUT2D eigenvalue weighted by Crippen LogP contribution is 2.32. The molecule has 0 aliphatic carbocycles. The molecule has 0 fully saturated rings. The van der Waals surface area contributed by atoms with Gasteiger partial charge in [0.2, 0.25) is 0 Å². The smallest absolute Gasteiger partial charge is 0.349 e. The van der Waals surface area contributed by atoms with Crippen molar-refractivity contribution in [1.29, 1.82) is 0 Å². The molecule has 0 aromatic heterocycles. The van der Waals surface area contributed by atoms with Crippen LogP contribution in [-0.4, -0.2) is 12.6 Å². The monoisotopic (exact) mass is 168 g/mol. The number of carbonyl (C=O) groups is 1. The van der Waals surface area contributed by atoms with Gasteiger partial charge in [-0.1, -0.05) is 6.07 Å². The minimum Gasteiger partial charge on any atom is -0.475 e. The summed E-state index contributed by atoms with van der Waals surface area (Å²) in [5.74, 6) is -0.864. The second-order valence-corrected chi connectivity index (χ2v) is 2.33. The molecule has 2 rings (SSSR count). The van der Waals surface area contributed by atoms with Crippen molar-refractivity contribution >= 4 is 5.97 Å². The summed E-state index contributed by atoms with van der Waals surface area (Å²) in [5.41, 5.74) is 0. The van der Waals surface area contributed by atoms with Crippen molar-refractivity contribution in [1.82, 2.24) is 0 Å². The van der Waals surface area contributed by atoms with Gasteiger partial charge in [-0.3, -0.25) is 0 Å². The second-order valence-electron chi connectivity index (χ2n) is 2.33. The number of benzene rings is 1. The Kier molecular flexibility index (Phi) is 1.46. The number of fused-ring (bicyclic) bond motifs is 1. The van der Waals surface area contributed by atoms with E-state index in [4.69, 9.17) is 9.47 Å². The Morgan fingerprint density at radius 3 is 3.08 bits per heavy atom. The van der Waals surface area contributed by atoms with Gasteiger partial charge in [-0.2, -0.15) is 0 Å². The molecule has 0 radical (unpaired) electrons. The Morgan fingerprint density at radius 2 is 2.25 bits per heavy atom. The lowest BCUT2D eigenvalue weighted by Gasteiger charge is -2.16. The molecule has 4 heteroatoms. The number of ether oxygens (including phenoxy) is 2. The van der Waals surface area contributed by atoms with Gasteiger partial charge in [-0.05, 0) is 12.1 Å². The van der Waals surface area contributed by atoms with Gasteiger partial charge < -0.3 is 9.47 Å². The topological polar surface area (TPSA) is 35.5 Å². The van der Waals surface area contributed by atoms with Crippen LogP contribution < -0.4 is 9.47 Å². The molecule has 0 bridgehead atoms. The summed E-state index contributed by atoms with van der Waals surface area (Å²) in [5, 5.41) is 0. The highest BCUT2D eigenvalue weighted by Gasteiger charge is 2.20. The van der Waals surface area contributed by atoms with E-state index in [0.717, 1.165) is 0 Å². The molecule has 3 nitrogen and oxygen atoms in total. The number of halogens is 1. The van der Waals surface area contributed by atoms with Crippen LogP contribution in [0.3, 0.4) is 0 Å². The number of hydrogen-bond donors (Lipinski definition) is 0. The predicted molar refractivity (Wildman–Crippen MR) is 37.5 cm³/mol. The molecule has 0 unspecified atom stereocenters. The van der Waals surface area contributed by atoms with Crippen LogP contribution in [0.1, 0.15) is 0 Å². The Bertz CT molecular complexity index is 335. The highest BCUT2D eigenvalue weighted by atomic mass is 19.1. The predicted octanol–water partition coefficient (Wildman–Crippen LogP) is 1.12. The first-order chi connectivity index (χ1) is 5.77. The van der Waals surface area contributed by atoms with Crippen LogP contribution in [0.5, 0.6) is 11.5 Å². The second kappa shape index (κ2) is 2.48. The number of para-hydroxylation sites is 1. The maximum absolute atomic E-state index is 12.9. The molecule has 1 heterocycles. The molecule has 0 saturated carbocycles. The fourth-order valence-corrected chi connectivity index (χ4v) is 0.993. The van der Waals surface area contributed by atoms with E-state index in [1.54, 1.807) is 0 Å². The summed E-state index contributed by atoms with van der Waals surface area (Å²) >= 11 is 0. The van der Waals surface area contributed by atoms with E-state index in [0.29, 0.717) is 0 Å². The SMILES string of the molecule is O=C1COc2c(F)cccc2O1.